The number of para-hydroxylation sites is 2. The molecule has 0 aliphatic carbocycles. The highest BCUT2D eigenvalue weighted by atomic mass is 16.3. The highest BCUT2D eigenvalue weighted by Gasteiger charge is 2.09. The van der Waals surface area contributed by atoms with Gasteiger partial charge in [-0.15, -0.1) is 0 Å². The molecule has 0 aromatic heterocycles. The lowest BCUT2D eigenvalue weighted by Crippen LogP contribution is -2.17. The second-order valence-electron chi connectivity index (χ2n) is 4.54. The second-order valence-corrected chi connectivity index (χ2v) is 4.54. The van der Waals surface area contributed by atoms with Gasteiger partial charge in [0.1, 0.15) is 5.75 Å². The smallest absolute Gasteiger partial charge is 0.228 e. The van der Waals surface area contributed by atoms with Crippen LogP contribution < -0.4 is 10.6 Å². The maximum atomic E-state index is 12.0. The number of amides is 1. The molecule has 0 heterocycles. The first-order valence-corrected chi connectivity index (χ1v) is 6.50. The molecule has 0 bridgehead atoms. The maximum absolute atomic E-state index is 12.0. The van der Waals surface area contributed by atoms with Gasteiger partial charge in [-0.05, 0) is 24.7 Å². The minimum atomic E-state index is -0.143. The highest BCUT2D eigenvalue weighted by molar-refractivity contribution is 5.93. The lowest BCUT2D eigenvalue weighted by Gasteiger charge is -2.11. The highest BCUT2D eigenvalue weighted by Crippen LogP contribution is 2.18. The predicted octanol–water partition coefficient (Wildman–Crippen LogP) is 2.29. The van der Waals surface area contributed by atoms with E-state index in [0.29, 0.717) is 12.1 Å². The van der Waals surface area contributed by atoms with E-state index in [9.17, 15) is 9.90 Å². The predicted molar refractivity (Wildman–Crippen MR) is 79.6 cm³/mol. The Balaban J connectivity index is 2.07. The molecule has 2 aromatic rings. The van der Waals surface area contributed by atoms with Gasteiger partial charge in [0.15, 0.2) is 0 Å². The van der Waals surface area contributed by atoms with Crippen molar-refractivity contribution in [2.45, 2.75) is 13.0 Å². The van der Waals surface area contributed by atoms with E-state index >= 15 is 0 Å². The van der Waals surface area contributed by atoms with Crippen LogP contribution in [0, 0.1) is 0 Å². The number of aromatic hydroxyl groups is 1. The fourth-order valence-corrected chi connectivity index (χ4v) is 2.01. The molecule has 0 saturated heterocycles. The van der Waals surface area contributed by atoms with Crippen LogP contribution in [0.2, 0.25) is 0 Å². The first kappa shape index (κ1) is 14.1. The molecule has 3 N–H and O–H groups in total. The fraction of sp³-hybridized carbons (Fsp3) is 0.188. The Morgan fingerprint density at radius 3 is 2.40 bits per heavy atom. The summed E-state index contributed by atoms with van der Waals surface area (Å²) in [4.78, 5) is 12.0. The van der Waals surface area contributed by atoms with Gasteiger partial charge in [0.2, 0.25) is 5.91 Å². The third-order valence-electron chi connectivity index (χ3n) is 3.00. The first-order chi connectivity index (χ1) is 9.70. The Morgan fingerprint density at radius 1 is 1.05 bits per heavy atom. The van der Waals surface area contributed by atoms with Gasteiger partial charge in [0, 0.05) is 17.8 Å². The van der Waals surface area contributed by atoms with E-state index in [4.69, 9.17) is 0 Å². The Morgan fingerprint density at radius 2 is 1.70 bits per heavy atom. The van der Waals surface area contributed by atoms with Gasteiger partial charge in [-0.25, -0.2) is 0 Å². The molecule has 2 aromatic carbocycles. The molecule has 4 heteroatoms. The Kier molecular flexibility index (Phi) is 4.74. The normalized spacial score (nSPS) is 10.2. The Bertz CT molecular complexity index is 597. The summed E-state index contributed by atoms with van der Waals surface area (Å²) < 4.78 is 0. The number of carbonyl (C=O) groups is 1. The Hall–Kier alpha value is -2.33. The number of phenols is 1. The number of benzene rings is 2. The summed E-state index contributed by atoms with van der Waals surface area (Å²) in [5, 5.41) is 15.6. The van der Waals surface area contributed by atoms with Crippen molar-refractivity contribution in [3.8, 4) is 5.75 Å². The summed E-state index contributed by atoms with van der Waals surface area (Å²) in [6.07, 6.45) is 0.153. The molecule has 4 nitrogen and oxygen atoms in total. The topological polar surface area (TPSA) is 61.4 Å². The minimum Gasteiger partial charge on any atom is -0.508 e. The van der Waals surface area contributed by atoms with E-state index in [1.165, 1.54) is 0 Å². The number of anilines is 1. The molecule has 2 rings (SSSR count). The standard InChI is InChI=1S/C16H18N2O2/c1-17-11-13-7-2-4-8-14(13)18-16(20)10-12-6-3-5-9-15(12)19/h2-9,17,19H,10-11H2,1H3,(H,18,20). The number of rotatable bonds is 5. The second kappa shape index (κ2) is 6.73. The molecule has 0 aliphatic heterocycles. The molecule has 1 amide bonds. The molecule has 0 unspecified atom stereocenters. The number of carbonyl (C=O) groups excluding carboxylic acids is 1. The molecule has 0 spiro atoms. The molecule has 0 atom stereocenters. The summed E-state index contributed by atoms with van der Waals surface area (Å²) >= 11 is 0. The lowest BCUT2D eigenvalue weighted by molar-refractivity contribution is -0.115. The summed E-state index contributed by atoms with van der Waals surface area (Å²) in [5.41, 5.74) is 2.44. The van der Waals surface area contributed by atoms with Crippen LogP contribution in [0.3, 0.4) is 0 Å². The molecule has 104 valence electrons. The molecule has 0 radical (unpaired) electrons. The minimum absolute atomic E-state index is 0.143. The van der Waals surface area contributed by atoms with E-state index in [2.05, 4.69) is 10.6 Å². The van der Waals surface area contributed by atoms with Crippen LogP contribution in [-0.4, -0.2) is 18.1 Å². The van der Waals surface area contributed by atoms with Crippen molar-refractivity contribution in [2.75, 3.05) is 12.4 Å². The zero-order chi connectivity index (χ0) is 14.4. The molecule has 0 saturated carbocycles. The zero-order valence-electron chi connectivity index (χ0n) is 11.4. The number of nitrogens with one attached hydrogen (secondary N) is 2. The average Bonchev–Trinajstić information content (AvgIpc) is 2.44. The van der Waals surface area contributed by atoms with E-state index in [1.54, 1.807) is 24.3 Å². The van der Waals surface area contributed by atoms with E-state index in [0.717, 1.165) is 11.3 Å². The van der Waals surface area contributed by atoms with Gasteiger partial charge >= 0.3 is 0 Å². The molecule has 0 aliphatic rings. The van der Waals surface area contributed by atoms with Crippen LogP contribution in [-0.2, 0) is 17.8 Å². The Labute approximate surface area is 118 Å². The molecular weight excluding hydrogens is 252 g/mol. The van der Waals surface area contributed by atoms with Crippen molar-refractivity contribution in [2.24, 2.45) is 0 Å². The SMILES string of the molecule is CNCc1ccccc1NC(=O)Cc1ccccc1O. The largest absolute Gasteiger partial charge is 0.508 e. The number of hydrogen-bond acceptors (Lipinski definition) is 3. The van der Waals surface area contributed by atoms with E-state index < -0.39 is 0 Å². The van der Waals surface area contributed by atoms with Gasteiger partial charge in [-0.3, -0.25) is 4.79 Å². The van der Waals surface area contributed by atoms with Gasteiger partial charge in [-0.2, -0.15) is 0 Å². The van der Waals surface area contributed by atoms with Crippen molar-refractivity contribution >= 4 is 11.6 Å². The summed E-state index contributed by atoms with van der Waals surface area (Å²) in [5.74, 6) is 0.00112. The van der Waals surface area contributed by atoms with Crippen LogP contribution in [0.1, 0.15) is 11.1 Å². The summed E-state index contributed by atoms with van der Waals surface area (Å²) in [6, 6.07) is 14.5. The maximum Gasteiger partial charge on any atom is 0.228 e. The monoisotopic (exact) mass is 270 g/mol. The van der Waals surface area contributed by atoms with E-state index in [1.807, 2.05) is 31.3 Å². The van der Waals surface area contributed by atoms with Crippen molar-refractivity contribution in [3.05, 3.63) is 59.7 Å². The lowest BCUT2D eigenvalue weighted by atomic mass is 10.1. The van der Waals surface area contributed by atoms with Gasteiger partial charge in [-0.1, -0.05) is 36.4 Å². The van der Waals surface area contributed by atoms with Crippen molar-refractivity contribution < 1.29 is 9.90 Å². The molecule has 20 heavy (non-hydrogen) atoms. The van der Waals surface area contributed by atoms with E-state index in [-0.39, 0.29) is 18.1 Å². The van der Waals surface area contributed by atoms with Crippen molar-refractivity contribution in [1.29, 1.82) is 0 Å². The molecular formula is C16H18N2O2. The van der Waals surface area contributed by atoms with Crippen LogP contribution in [0.5, 0.6) is 5.75 Å². The van der Waals surface area contributed by atoms with Gasteiger partial charge in [0.25, 0.3) is 0 Å². The van der Waals surface area contributed by atoms with Gasteiger partial charge < -0.3 is 15.7 Å². The van der Waals surface area contributed by atoms with Crippen molar-refractivity contribution in [3.63, 3.8) is 0 Å². The summed E-state index contributed by atoms with van der Waals surface area (Å²) in [7, 11) is 1.86. The van der Waals surface area contributed by atoms with Crippen LogP contribution >= 0.6 is 0 Å². The summed E-state index contributed by atoms with van der Waals surface area (Å²) in [6.45, 7) is 0.688. The van der Waals surface area contributed by atoms with Crippen molar-refractivity contribution in [1.82, 2.24) is 5.32 Å². The van der Waals surface area contributed by atoms with Crippen LogP contribution in [0.15, 0.2) is 48.5 Å². The third-order valence-corrected chi connectivity index (χ3v) is 3.00. The van der Waals surface area contributed by atoms with Gasteiger partial charge in [0.05, 0.1) is 6.42 Å². The zero-order valence-corrected chi connectivity index (χ0v) is 11.4. The average molecular weight is 270 g/mol. The quantitative estimate of drug-likeness (QED) is 0.781. The van der Waals surface area contributed by atoms with Crippen LogP contribution in [0.25, 0.3) is 0 Å². The first-order valence-electron chi connectivity index (χ1n) is 6.50. The third kappa shape index (κ3) is 3.59. The number of phenolic OH excluding ortho intramolecular Hbond substituents is 1. The van der Waals surface area contributed by atoms with Crippen LogP contribution in [0.4, 0.5) is 5.69 Å². The molecule has 0 fully saturated rings. The fourth-order valence-electron chi connectivity index (χ4n) is 2.01. The number of hydrogen-bond donors (Lipinski definition) is 3.